The highest BCUT2D eigenvalue weighted by Crippen LogP contribution is 2.06. The number of likely N-dealkylation sites (tertiary alicyclic amines) is 1. The Morgan fingerprint density at radius 1 is 1.17 bits per heavy atom. The first-order valence-corrected chi connectivity index (χ1v) is 4.60. The van der Waals surface area contributed by atoms with Gasteiger partial charge in [0.25, 0.3) is 0 Å². The molecule has 0 unspecified atom stereocenters. The van der Waals surface area contributed by atoms with Gasteiger partial charge in [0.2, 0.25) is 0 Å². The Labute approximate surface area is 74.9 Å². The maximum atomic E-state index is 4.84. The Kier molecular flexibility index (Phi) is 4.82. The summed E-state index contributed by atoms with van der Waals surface area (Å²) in [5.74, 6) is 6.08. The van der Waals surface area contributed by atoms with Crippen LogP contribution in [-0.2, 0) is 4.74 Å². The zero-order valence-corrected chi connectivity index (χ0v) is 7.81. The SMILES string of the molecule is COCC#CCN1CCCCC1. The third-order valence-corrected chi connectivity index (χ3v) is 2.09. The van der Waals surface area contributed by atoms with E-state index in [9.17, 15) is 0 Å². The third kappa shape index (κ3) is 3.75. The van der Waals surface area contributed by atoms with Gasteiger partial charge in [0.15, 0.2) is 0 Å². The minimum atomic E-state index is 0.563. The minimum absolute atomic E-state index is 0.563. The topological polar surface area (TPSA) is 12.5 Å². The Morgan fingerprint density at radius 2 is 1.92 bits per heavy atom. The molecule has 0 N–H and O–H groups in total. The number of rotatable bonds is 2. The summed E-state index contributed by atoms with van der Waals surface area (Å²) < 4.78 is 4.84. The van der Waals surface area contributed by atoms with Gasteiger partial charge in [-0.15, -0.1) is 0 Å². The van der Waals surface area contributed by atoms with Gasteiger partial charge in [-0.25, -0.2) is 0 Å². The summed E-state index contributed by atoms with van der Waals surface area (Å²) in [5.41, 5.74) is 0. The first-order chi connectivity index (χ1) is 5.93. The van der Waals surface area contributed by atoms with E-state index in [1.807, 2.05) is 0 Å². The number of hydrogen-bond donors (Lipinski definition) is 0. The summed E-state index contributed by atoms with van der Waals surface area (Å²) in [7, 11) is 1.68. The van der Waals surface area contributed by atoms with Crippen molar-refractivity contribution in [3.05, 3.63) is 0 Å². The summed E-state index contributed by atoms with van der Waals surface area (Å²) >= 11 is 0. The van der Waals surface area contributed by atoms with Crippen LogP contribution in [0.5, 0.6) is 0 Å². The van der Waals surface area contributed by atoms with Crippen molar-refractivity contribution in [3.63, 3.8) is 0 Å². The molecule has 0 aromatic rings. The van der Waals surface area contributed by atoms with Crippen molar-refractivity contribution >= 4 is 0 Å². The second-order valence-corrected chi connectivity index (χ2v) is 3.12. The van der Waals surface area contributed by atoms with Gasteiger partial charge < -0.3 is 4.74 Å². The Morgan fingerprint density at radius 3 is 2.58 bits per heavy atom. The largest absolute Gasteiger partial charge is 0.372 e. The molecule has 2 nitrogen and oxygen atoms in total. The van der Waals surface area contributed by atoms with E-state index in [-0.39, 0.29) is 0 Å². The number of ether oxygens (including phenoxy) is 1. The number of methoxy groups -OCH3 is 1. The predicted molar refractivity (Wildman–Crippen MR) is 49.9 cm³/mol. The zero-order chi connectivity index (χ0) is 8.65. The predicted octanol–water partition coefficient (Wildman–Crippen LogP) is 1.12. The highest BCUT2D eigenvalue weighted by molar-refractivity contribution is 5.01. The molecular weight excluding hydrogens is 150 g/mol. The first-order valence-electron chi connectivity index (χ1n) is 4.60. The molecule has 12 heavy (non-hydrogen) atoms. The van der Waals surface area contributed by atoms with Crippen molar-refractivity contribution < 1.29 is 4.74 Å². The van der Waals surface area contributed by atoms with Crippen LogP contribution in [0.1, 0.15) is 19.3 Å². The number of hydrogen-bond acceptors (Lipinski definition) is 2. The molecule has 2 heteroatoms. The fourth-order valence-corrected chi connectivity index (χ4v) is 1.41. The van der Waals surface area contributed by atoms with Gasteiger partial charge in [0.1, 0.15) is 6.61 Å². The fraction of sp³-hybridized carbons (Fsp3) is 0.800. The van der Waals surface area contributed by atoms with Crippen LogP contribution < -0.4 is 0 Å². The lowest BCUT2D eigenvalue weighted by molar-refractivity contribution is 0.238. The standard InChI is InChI=1S/C10H17NO/c1-12-10-6-5-9-11-7-3-2-4-8-11/h2-4,7-10H2,1H3. The minimum Gasteiger partial charge on any atom is -0.372 e. The molecule has 0 atom stereocenters. The quantitative estimate of drug-likeness (QED) is 0.571. The van der Waals surface area contributed by atoms with E-state index in [1.54, 1.807) is 7.11 Å². The summed E-state index contributed by atoms with van der Waals surface area (Å²) in [5, 5.41) is 0. The number of piperidine rings is 1. The van der Waals surface area contributed by atoms with Crippen LogP contribution in [-0.4, -0.2) is 38.3 Å². The summed E-state index contributed by atoms with van der Waals surface area (Å²) in [6.45, 7) is 3.93. The number of nitrogens with zero attached hydrogens (tertiary/aromatic N) is 1. The maximum Gasteiger partial charge on any atom is 0.107 e. The van der Waals surface area contributed by atoms with Gasteiger partial charge in [0, 0.05) is 7.11 Å². The van der Waals surface area contributed by atoms with E-state index in [0.717, 1.165) is 6.54 Å². The molecule has 1 rings (SSSR count). The highest BCUT2D eigenvalue weighted by Gasteiger charge is 2.07. The molecule has 0 spiro atoms. The molecule has 0 aromatic heterocycles. The van der Waals surface area contributed by atoms with Crippen molar-refractivity contribution in [1.82, 2.24) is 4.90 Å². The van der Waals surface area contributed by atoms with Crippen LogP contribution >= 0.6 is 0 Å². The second kappa shape index (κ2) is 6.05. The van der Waals surface area contributed by atoms with E-state index in [0.29, 0.717) is 6.61 Å². The van der Waals surface area contributed by atoms with E-state index < -0.39 is 0 Å². The van der Waals surface area contributed by atoms with Crippen LogP contribution in [0.2, 0.25) is 0 Å². The molecule has 1 fully saturated rings. The molecule has 0 saturated carbocycles. The Bertz CT molecular complexity index is 162. The Hall–Kier alpha value is -0.520. The van der Waals surface area contributed by atoms with Crippen molar-refractivity contribution in [2.24, 2.45) is 0 Å². The molecule has 1 saturated heterocycles. The van der Waals surface area contributed by atoms with Gasteiger partial charge in [-0.3, -0.25) is 4.90 Å². The van der Waals surface area contributed by atoms with Crippen molar-refractivity contribution in [3.8, 4) is 11.8 Å². The fourth-order valence-electron chi connectivity index (χ4n) is 1.41. The van der Waals surface area contributed by atoms with Crippen molar-refractivity contribution in [2.75, 3.05) is 33.4 Å². The van der Waals surface area contributed by atoms with Crippen LogP contribution in [0.15, 0.2) is 0 Å². The molecule has 1 aliphatic heterocycles. The molecule has 0 aromatic carbocycles. The lowest BCUT2D eigenvalue weighted by atomic mass is 10.1. The summed E-state index contributed by atoms with van der Waals surface area (Å²) in [6.07, 6.45) is 4.07. The van der Waals surface area contributed by atoms with Gasteiger partial charge in [-0.05, 0) is 25.9 Å². The summed E-state index contributed by atoms with van der Waals surface area (Å²) in [4.78, 5) is 2.41. The molecule has 0 bridgehead atoms. The monoisotopic (exact) mass is 167 g/mol. The van der Waals surface area contributed by atoms with E-state index >= 15 is 0 Å². The molecule has 1 aliphatic rings. The van der Waals surface area contributed by atoms with Crippen LogP contribution in [0, 0.1) is 11.8 Å². The lowest BCUT2D eigenvalue weighted by Crippen LogP contribution is -2.29. The third-order valence-electron chi connectivity index (χ3n) is 2.09. The molecular formula is C10H17NO. The van der Waals surface area contributed by atoms with E-state index in [2.05, 4.69) is 16.7 Å². The highest BCUT2D eigenvalue weighted by atomic mass is 16.5. The second-order valence-electron chi connectivity index (χ2n) is 3.12. The van der Waals surface area contributed by atoms with Gasteiger partial charge in [-0.2, -0.15) is 0 Å². The molecule has 0 amide bonds. The Balaban J connectivity index is 2.09. The van der Waals surface area contributed by atoms with E-state index in [4.69, 9.17) is 4.74 Å². The van der Waals surface area contributed by atoms with Crippen LogP contribution in [0.4, 0.5) is 0 Å². The molecule has 1 heterocycles. The van der Waals surface area contributed by atoms with E-state index in [1.165, 1.54) is 32.4 Å². The molecule has 0 radical (unpaired) electrons. The van der Waals surface area contributed by atoms with Gasteiger partial charge >= 0.3 is 0 Å². The van der Waals surface area contributed by atoms with Crippen LogP contribution in [0.25, 0.3) is 0 Å². The average Bonchev–Trinajstić information content (AvgIpc) is 2.14. The van der Waals surface area contributed by atoms with Gasteiger partial charge in [-0.1, -0.05) is 18.3 Å². The molecule has 68 valence electrons. The summed E-state index contributed by atoms with van der Waals surface area (Å²) in [6, 6.07) is 0. The lowest BCUT2D eigenvalue weighted by Gasteiger charge is -2.23. The van der Waals surface area contributed by atoms with Crippen molar-refractivity contribution in [2.45, 2.75) is 19.3 Å². The maximum absolute atomic E-state index is 4.84. The normalized spacial score (nSPS) is 18.4. The van der Waals surface area contributed by atoms with Crippen molar-refractivity contribution in [1.29, 1.82) is 0 Å². The molecule has 0 aliphatic carbocycles. The smallest absolute Gasteiger partial charge is 0.107 e. The van der Waals surface area contributed by atoms with Gasteiger partial charge in [0.05, 0.1) is 6.54 Å². The zero-order valence-electron chi connectivity index (χ0n) is 7.81. The first kappa shape index (κ1) is 9.57. The average molecular weight is 167 g/mol. The van der Waals surface area contributed by atoms with Crippen LogP contribution in [0.3, 0.4) is 0 Å².